The van der Waals surface area contributed by atoms with Crippen LogP contribution in [0.5, 0.6) is 0 Å². The zero-order valence-corrected chi connectivity index (χ0v) is 7.14. The minimum absolute atomic E-state index is 1.01. The molecule has 2 aliphatic rings. The van der Waals surface area contributed by atoms with Crippen molar-refractivity contribution in [3.05, 3.63) is 0 Å². The van der Waals surface area contributed by atoms with E-state index in [1.165, 1.54) is 36.8 Å². The average Bonchev–Trinajstić information content (AvgIpc) is 2.35. The highest BCUT2D eigenvalue weighted by atomic mass is 15.4. The first-order valence-electron chi connectivity index (χ1n) is 4.57. The van der Waals surface area contributed by atoms with Gasteiger partial charge in [-0.25, -0.2) is 0 Å². The van der Waals surface area contributed by atoms with Crippen LogP contribution in [0.3, 0.4) is 0 Å². The van der Waals surface area contributed by atoms with Gasteiger partial charge in [0, 0.05) is 25.2 Å². The topological polar surface area (TPSA) is 0 Å². The summed E-state index contributed by atoms with van der Waals surface area (Å²) in [5, 5.41) is 0. The number of nitrogens with zero attached hydrogens (tertiary/aromatic N) is 1. The normalized spacial score (nSPS) is 53.4. The van der Waals surface area contributed by atoms with E-state index in [4.69, 9.17) is 0 Å². The van der Waals surface area contributed by atoms with Crippen LogP contribution in [0.15, 0.2) is 0 Å². The Morgan fingerprint density at radius 1 is 1.20 bits per heavy atom. The lowest BCUT2D eigenvalue weighted by Gasteiger charge is -2.30. The largest absolute Gasteiger partial charge is 0.323 e. The van der Waals surface area contributed by atoms with E-state index in [1.54, 1.807) is 0 Å². The summed E-state index contributed by atoms with van der Waals surface area (Å²) in [5.74, 6) is 1.01. The third kappa shape index (κ3) is 0.731. The predicted molar refractivity (Wildman–Crippen MR) is 42.7 cm³/mol. The molecule has 0 radical (unpaired) electrons. The molecule has 0 aliphatic carbocycles. The molecule has 2 fully saturated rings. The van der Waals surface area contributed by atoms with E-state index in [9.17, 15) is 0 Å². The maximum absolute atomic E-state index is 2.45. The third-order valence-electron chi connectivity index (χ3n) is 3.72. The highest BCUT2D eigenvalue weighted by Gasteiger charge is 2.46. The number of hydrogen-bond acceptors (Lipinski definition) is 0. The van der Waals surface area contributed by atoms with Crippen molar-refractivity contribution in [1.82, 2.24) is 0 Å². The van der Waals surface area contributed by atoms with E-state index in [-0.39, 0.29) is 0 Å². The molecule has 2 heterocycles. The summed E-state index contributed by atoms with van der Waals surface area (Å²) in [4.78, 5) is 0. The third-order valence-corrected chi connectivity index (χ3v) is 3.72. The second-order valence-corrected chi connectivity index (χ2v) is 4.40. The van der Waals surface area contributed by atoms with E-state index in [2.05, 4.69) is 14.0 Å². The number of fused-ring (bicyclic) bond motifs is 1. The van der Waals surface area contributed by atoms with Crippen LogP contribution in [-0.4, -0.2) is 30.7 Å². The van der Waals surface area contributed by atoms with E-state index in [0.29, 0.717) is 0 Å². The monoisotopic (exact) mass is 140 g/mol. The van der Waals surface area contributed by atoms with E-state index in [1.807, 2.05) is 0 Å². The van der Waals surface area contributed by atoms with Crippen molar-refractivity contribution in [1.29, 1.82) is 0 Å². The Hall–Kier alpha value is -0.0400. The van der Waals surface area contributed by atoms with Crippen LogP contribution >= 0.6 is 0 Å². The first kappa shape index (κ1) is 6.66. The molecule has 0 aromatic rings. The second kappa shape index (κ2) is 1.97. The van der Waals surface area contributed by atoms with Gasteiger partial charge in [-0.15, -0.1) is 0 Å². The smallest absolute Gasteiger partial charge is 0.0918 e. The first-order chi connectivity index (χ1) is 4.72. The SMILES string of the molecule is C[C@@H]1CC[N+]2(C)CCC[C@H]12. The van der Waals surface area contributed by atoms with E-state index >= 15 is 0 Å². The Bertz CT molecular complexity index is 144. The molecule has 0 bridgehead atoms. The van der Waals surface area contributed by atoms with Gasteiger partial charge < -0.3 is 4.48 Å². The van der Waals surface area contributed by atoms with Crippen LogP contribution in [-0.2, 0) is 0 Å². The number of quaternary nitrogens is 1. The van der Waals surface area contributed by atoms with Crippen LogP contribution in [0.1, 0.15) is 26.2 Å². The summed E-state index contributed by atoms with van der Waals surface area (Å²) >= 11 is 0. The van der Waals surface area contributed by atoms with Gasteiger partial charge in [0.1, 0.15) is 0 Å². The van der Waals surface area contributed by atoms with Crippen LogP contribution < -0.4 is 0 Å². The van der Waals surface area contributed by atoms with Gasteiger partial charge in [-0.3, -0.25) is 0 Å². The zero-order valence-electron chi connectivity index (χ0n) is 7.14. The fraction of sp³-hybridized carbons (Fsp3) is 1.00. The van der Waals surface area contributed by atoms with Gasteiger partial charge in [0.05, 0.1) is 26.2 Å². The van der Waals surface area contributed by atoms with Gasteiger partial charge in [0.25, 0.3) is 0 Å². The van der Waals surface area contributed by atoms with Gasteiger partial charge in [-0.2, -0.15) is 0 Å². The molecular formula is C9H18N+. The lowest BCUT2D eigenvalue weighted by atomic mass is 10.0. The Balaban J connectivity index is 2.19. The first-order valence-corrected chi connectivity index (χ1v) is 4.57. The van der Waals surface area contributed by atoms with Gasteiger partial charge in [0.2, 0.25) is 0 Å². The standard InChI is InChI=1S/C9H18N/c1-8-5-7-10(2)6-3-4-9(8)10/h8-9H,3-7H2,1-2H3/q+1/t8-,9-,10?/m1/s1. The molecular weight excluding hydrogens is 122 g/mol. The van der Waals surface area contributed by atoms with Gasteiger partial charge in [-0.05, 0) is 0 Å². The Morgan fingerprint density at radius 3 is 2.70 bits per heavy atom. The van der Waals surface area contributed by atoms with Crippen LogP contribution in [0.2, 0.25) is 0 Å². The van der Waals surface area contributed by atoms with Gasteiger partial charge in [-0.1, -0.05) is 6.92 Å². The van der Waals surface area contributed by atoms with Crippen molar-refractivity contribution >= 4 is 0 Å². The molecule has 1 nitrogen and oxygen atoms in total. The van der Waals surface area contributed by atoms with Crippen molar-refractivity contribution < 1.29 is 4.48 Å². The molecule has 0 aromatic carbocycles. The molecule has 58 valence electrons. The molecule has 2 aliphatic heterocycles. The Kier molecular flexibility index (Phi) is 1.31. The lowest BCUT2D eigenvalue weighted by Crippen LogP contribution is -2.44. The summed E-state index contributed by atoms with van der Waals surface area (Å²) in [6, 6.07) is 1.03. The van der Waals surface area contributed by atoms with Crippen molar-refractivity contribution in [3.63, 3.8) is 0 Å². The summed E-state index contributed by atoms with van der Waals surface area (Å²) in [6.45, 7) is 5.33. The summed E-state index contributed by atoms with van der Waals surface area (Å²) in [5.41, 5.74) is 0. The van der Waals surface area contributed by atoms with Crippen molar-refractivity contribution in [2.75, 3.05) is 20.1 Å². The maximum Gasteiger partial charge on any atom is 0.0918 e. The van der Waals surface area contributed by atoms with Crippen molar-refractivity contribution in [2.24, 2.45) is 5.92 Å². The quantitative estimate of drug-likeness (QED) is 0.449. The maximum atomic E-state index is 2.45. The number of hydrogen-bond donors (Lipinski definition) is 0. The molecule has 0 spiro atoms. The van der Waals surface area contributed by atoms with Crippen LogP contribution in [0.4, 0.5) is 0 Å². The van der Waals surface area contributed by atoms with Crippen LogP contribution in [0.25, 0.3) is 0 Å². The second-order valence-electron chi connectivity index (χ2n) is 4.40. The molecule has 0 aromatic heterocycles. The van der Waals surface area contributed by atoms with Crippen molar-refractivity contribution in [3.8, 4) is 0 Å². The van der Waals surface area contributed by atoms with Crippen molar-refractivity contribution in [2.45, 2.75) is 32.2 Å². The Labute approximate surface area is 63.6 Å². The fourth-order valence-corrected chi connectivity index (χ4v) is 3.01. The van der Waals surface area contributed by atoms with E-state index in [0.717, 1.165) is 12.0 Å². The molecule has 1 heteroatoms. The highest BCUT2D eigenvalue weighted by molar-refractivity contribution is 4.78. The molecule has 2 rings (SSSR count). The predicted octanol–water partition coefficient (Wildman–Crippen LogP) is 1.64. The molecule has 2 saturated heterocycles. The zero-order chi connectivity index (χ0) is 7.19. The molecule has 10 heavy (non-hydrogen) atoms. The van der Waals surface area contributed by atoms with E-state index < -0.39 is 0 Å². The molecule has 0 N–H and O–H groups in total. The molecule has 3 atom stereocenters. The molecule has 0 saturated carbocycles. The Morgan fingerprint density at radius 2 is 2.00 bits per heavy atom. The number of rotatable bonds is 0. The minimum Gasteiger partial charge on any atom is -0.323 e. The lowest BCUT2D eigenvalue weighted by molar-refractivity contribution is -0.910. The van der Waals surface area contributed by atoms with Gasteiger partial charge in [0.15, 0.2) is 0 Å². The summed E-state index contributed by atoms with van der Waals surface area (Å²) in [6.07, 6.45) is 4.45. The molecule has 1 unspecified atom stereocenters. The fourth-order valence-electron chi connectivity index (χ4n) is 3.01. The average molecular weight is 140 g/mol. The summed E-state index contributed by atoms with van der Waals surface area (Å²) < 4.78 is 1.40. The summed E-state index contributed by atoms with van der Waals surface area (Å²) in [7, 11) is 2.45. The van der Waals surface area contributed by atoms with Crippen LogP contribution in [0, 0.1) is 5.92 Å². The minimum atomic E-state index is 1.01. The highest BCUT2D eigenvalue weighted by Crippen LogP contribution is 2.37. The molecule has 0 amide bonds. The van der Waals surface area contributed by atoms with Gasteiger partial charge >= 0.3 is 0 Å².